The van der Waals surface area contributed by atoms with E-state index in [4.69, 9.17) is 11.2 Å². The molecule has 8 nitrogen and oxygen atoms in total. The lowest BCUT2D eigenvalue weighted by Crippen LogP contribution is -2.55. The number of aliphatic hydroxyl groups is 1. The predicted molar refractivity (Wildman–Crippen MR) is 142 cm³/mol. The molecule has 37 heavy (non-hydrogen) atoms. The molecular weight excluding hydrogens is 470 g/mol. The fraction of sp³-hybridized carbons (Fsp3) is 0.414. The van der Waals surface area contributed by atoms with Crippen molar-refractivity contribution in [3.63, 3.8) is 0 Å². The first kappa shape index (κ1) is 29.4. The smallest absolute Gasteiger partial charge is 0.408 e. The summed E-state index contributed by atoms with van der Waals surface area (Å²) in [5.41, 5.74) is 0.913. The van der Waals surface area contributed by atoms with Gasteiger partial charge in [0.15, 0.2) is 0 Å². The first-order valence-corrected chi connectivity index (χ1v) is 12.3. The topological polar surface area (TPSA) is 108 Å². The number of amides is 3. The van der Waals surface area contributed by atoms with E-state index in [1.165, 1.54) is 4.90 Å². The number of alkyl carbamates (subject to hydrolysis) is 1. The molecule has 0 saturated heterocycles. The van der Waals surface area contributed by atoms with E-state index < -0.39 is 42.2 Å². The molecule has 2 aromatic carbocycles. The highest BCUT2D eigenvalue weighted by atomic mass is 16.6. The molecular formula is C29H37N3O5. The monoisotopic (exact) mass is 507 g/mol. The van der Waals surface area contributed by atoms with Crippen molar-refractivity contribution in [1.82, 2.24) is 15.5 Å². The van der Waals surface area contributed by atoms with Crippen LogP contribution in [-0.2, 0) is 20.7 Å². The molecule has 0 radical (unpaired) electrons. The van der Waals surface area contributed by atoms with E-state index in [1.807, 2.05) is 44.2 Å². The number of benzene rings is 2. The number of carbonyl (C=O) groups is 3. The normalized spacial score (nSPS) is 12.7. The molecule has 0 aliphatic rings. The number of hydrogen-bond acceptors (Lipinski definition) is 5. The third-order valence-corrected chi connectivity index (χ3v) is 5.30. The second-order valence-electron chi connectivity index (χ2n) is 9.94. The Hall–Kier alpha value is -3.83. The zero-order valence-electron chi connectivity index (χ0n) is 22.2. The zero-order chi connectivity index (χ0) is 27.6. The highest BCUT2D eigenvalue weighted by molar-refractivity contribution is 5.92. The van der Waals surface area contributed by atoms with Gasteiger partial charge in [0, 0.05) is 24.6 Å². The molecule has 2 atom stereocenters. The Morgan fingerprint density at radius 2 is 1.65 bits per heavy atom. The SMILES string of the molecule is C#Cc1ccccc1C(C(=O)NC(C)C)N(CCO)C(=O)C(Cc1ccccc1)NC(=O)OC(C)(C)C. The maximum Gasteiger partial charge on any atom is 0.408 e. The van der Waals surface area contributed by atoms with Crippen molar-refractivity contribution in [2.45, 2.75) is 64.8 Å². The number of nitrogens with one attached hydrogen (secondary N) is 2. The number of carbonyl (C=O) groups excluding carboxylic acids is 3. The van der Waals surface area contributed by atoms with Crippen LogP contribution in [0.1, 0.15) is 57.4 Å². The Morgan fingerprint density at radius 1 is 1.03 bits per heavy atom. The van der Waals surface area contributed by atoms with Crippen LogP contribution in [0.4, 0.5) is 4.79 Å². The zero-order valence-corrected chi connectivity index (χ0v) is 22.2. The third-order valence-electron chi connectivity index (χ3n) is 5.30. The lowest BCUT2D eigenvalue weighted by atomic mass is 9.96. The molecule has 3 N–H and O–H groups in total. The summed E-state index contributed by atoms with van der Waals surface area (Å²) in [5, 5.41) is 15.4. The van der Waals surface area contributed by atoms with E-state index in [-0.39, 0.29) is 19.0 Å². The van der Waals surface area contributed by atoms with E-state index in [1.54, 1.807) is 45.0 Å². The van der Waals surface area contributed by atoms with Gasteiger partial charge in [0.05, 0.1) is 6.61 Å². The summed E-state index contributed by atoms with van der Waals surface area (Å²) in [6, 6.07) is 13.6. The van der Waals surface area contributed by atoms with Crippen molar-refractivity contribution in [3.05, 3.63) is 71.3 Å². The van der Waals surface area contributed by atoms with E-state index >= 15 is 0 Å². The summed E-state index contributed by atoms with van der Waals surface area (Å²) in [6.45, 7) is 8.23. The number of ether oxygens (including phenoxy) is 1. The van der Waals surface area contributed by atoms with Crippen LogP contribution in [0.3, 0.4) is 0 Å². The molecule has 0 heterocycles. The average molecular weight is 508 g/mol. The van der Waals surface area contributed by atoms with Crippen LogP contribution in [0.5, 0.6) is 0 Å². The van der Waals surface area contributed by atoms with Crippen molar-refractivity contribution >= 4 is 17.9 Å². The van der Waals surface area contributed by atoms with Gasteiger partial charge in [-0.15, -0.1) is 6.42 Å². The van der Waals surface area contributed by atoms with Gasteiger partial charge in [-0.1, -0.05) is 54.5 Å². The van der Waals surface area contributed by atoms with Gasteiger partial charge in [0.25, 0.3) is 0 Å². The fourth-order valence-electron chi connectivity index (χ4n) is 3.86. The molecule has 2 aromatic rings. The molecule has 8 heteroatoms. The quantitative estimate of drug-likeness (QED) is 0.428. The number of terminal acetylenes is 1. The molecule has 3 amide bonds. The largest absolute Gasteiger partial charge is 0.444 e. The van der Waals surface area contributed by atoms with Gasteiger partial charge in [-0.05, 0) is 51.8 Å². The summed E-state index contributed by atoms with van der Waals surface area (Å²) >= 11 is 0. The van der Waals surface area contributed by atoms with E-state index in [2.05, 4.69) is 16.6 Å². The highest BCUT2D eigenvalue weighted by Crippen LogP contribution is 2.26. The Balaban J connectivity index is 2.56. The number of hydrogen-bond donors (Lipinski definition) is 3. The standard InChI is InChI=1S/C29H37N3O5/c1-7-22-15-11-12-16-23(22)25(26(34)30-20(2)3)32(17-18-33)27(35)24(19-21-13-9-8-10-14-21)31-28(36)37-29(4,5)6/h1,8-16,20,24-25,33H,17-19H2,2-6H3,(H,30,34)(H,31,36). The van der Waals surface area contributed by atoms with Crippen LogP contribution in [0.2, 0.25) is 0 Å². The highest BCUT2D eigenvalue weighted by Gasteiger charge is 2.37. The van der Waals surface area contributed by atoms with E-state index in [9.17, 15) is 19.5 Å². The Morgan fingerprint density at radius 3 is 2.22 bits per heavy atom. The van der Waals surface area contributed by atoms with Crippen molar-refractivity contribution in [2.75, 3.05) is 13.2 Å². The molecule has 0 fully saturated rings. The Labute approximate surface area is 219 Å². The maximum absolute atomic E-state index is 14.1. The lowest BCUT2D eigenvalue weighted by Gasteiger charge is -2.35. The molecule has 2 unspecified atom stereocenters. The summed E-state index contributed by atoms with van der Waals surface area (Å²) in [4.78, 5) is 41.5. The van der Waals surface area contributed by atoms with Crippen molar-refractivity contribution < 1.29 is 24.2 Å². The third kappa shape index (κ3) is 8.96. The molecule has 0 aliphatic carbocycles. The van der Waals surface area contributed by atoms with Crippen molar-refractivity contribution in [3.8, 4) is 12.3 Å². The van der Waals surface area contributed by atoms with Crippen molar-refractivity contribution in [2.24, 2.45) is 0 Å². The molecule has 198 valence electrons. The second kappa shape index (κ2) is 13.5. The second-order valence-corrected chi connectivity index (χ2v) is 9.94. The van der Waals surface area contributed by atoms with Gasteiger partial charge in [0.2, 0.25) is 11.8 Å². The Kier molecular flexibility index (Phi) is 10.7. The summed E-state index contributed by atoms with van der Waals surface area (Å²) < 4.78 is 5.40. The molecule has 0 aliphatic heterocycles. The van der Waals surface area contributed by atoms with Crippen LogP contribution in [0, 0.1) is 12.3 Å². The first-order chi connectivity index (χ1) is 17.5. The van der Waals surface area contributed by atoms with Crippen molar-refractivity contribution in [1.29, 1.82) is 0 Å². The number of rotatable bonds is 10. The molecule has 0 spiro atoms. The molecule has 2 rings (SSSR count). The van der Waals surface area contributed by atoms with Gasteiger partial charge in [-0.25, -0.2) is 4.79 Å². The van der Waals surface area contributed by atoms with Crippen LogP contribution < -0.4 is 10.6 Å². The van der Waals surface area contributed by atoms with E-state index in [0.717, 1.165) is 5.56 Å². The van der Waals surface area contributed by atoms with Gasteiger partial charge in [-0.3, -0.25) is 9.59 Å². The lowest BCUT2D eigenvalue weighted by molar-refractivity contribution is -0.143. The van der Waals surface area contributed by atoms with Crippen LogP contribution in [-0.4, -0.2) is 58.8 Å². The molecule has 0 bridgehead atoms. The van der Waals surface area contributed by atoms with Crippen LogP contribution >= 0.6 is 0 Å². The van der Waals surface area contributed by atoms with Gasteiger partial charge < -0.3 is 25.4 Å². The summed E-state index contributed by atoms with van der Waals surface area (Å²) in [6.07, 6.45) is 5.10. The predicted octanol–water partition coefficient (Wildman–Crippen LogP) is 3.19. The number of aliphatic hydroxyl groups excluding tert-OH is 1. The minimum Gasteiger partial charge on any atom is -0.444 e. The molecule has 0 saturated carbocycles. The first-order valence-electron chi connectivity index (χ1n) is 12.3. The minimum absolute atomic E-state index is 0.149. The summed E-state index contributed by atoms with van der Waals surface area (Å²) in [5.74, 6) is 1.57. The van der Waals surface area contributed by atoms with E-state index in [0.29, 0.717) is 11.1 Å². The fourth-order valence-corrected chi connectivity index (χ4v) is 3.86. The molecule has 0 aromatic heterocycles. The summed E-state index contributed by atoms with van der Waals surface area (Å²) in [7, 11) is 0. The minimum atomic E-state index is -1.13. The van der Waals surface area contributed by atoms with Crippen LogP contribution in [0.15, 0.2) is 54.6 Å². The van der Waals surface area contributed by atoms with Gasteiger partial charge in [-0.2, -0.15) is 0 Å². The van der Waals surface area contributed by atoms with Crippen LogP contribution in [0.25, 0.3) is 0 Å². The maximum atomic E-state index is 14.1. The van der Waals surface area contributed by atoms with Gasteiger partial charge in [0.1, 0.15) is 17.7 Å². The van der Waals surface area contributed by atoms with Gasteiger partial charge >= 0.3 is 6.09 Å². The average Bonchev–Trinajstić information content (AvgIpc) is 2.82. The number of nitrogens with zero attached hydrogens (tertiary/aromatic N) is 1. The Bertz CT molecular complexity index is 1100.